The number of benzene rings is 1. The van der Waals surface area contributed by atoms with Crippen LogP contribution in [0.5, 0.6) is 0 Å². The van der Waals surface area contributed by atoms with Crippen LogP contribution < -0.4 is 5.32 Å². The lowest BCUT2D eigenvalue weighted by Crippen LogP contribution is -2.41. The molecule has 0 saturated carbocycles. The van der Waals surface area contributed by atoms with Crippen molar-refractivity contribution in [3.8, 4) is 0 Å². The zero-order valence-electron chi connectivity index (χ0n) is 11.6. The third kappa shape index (κ3) is 3.93. The van der Waals surface area contributed by atoms with E-state index in [1.54, 1.807) is 6.07 Å². The van der Waals surface area contributed by atoms with Crippen LogP contribution in [0.3, 0.4) is 0 Å². The Labute approximate surface area is 123 Å². The standard InChI is InChI=1S/C15H22BrFN2/c1-3-19-8-4-5-12(10-19)11(2)18-15-7-6-13(16)9-14(15)17/h6-7,9,11-12,18H,3-5,8,10H2,1-2H3. The van der Waals surface area contributed by atoms with Crippen molar-refractivity contribution in [1.82, 2.24) is 4.90 Å². The molecule has 1 aliphatic heterocycles. The molecule has 0 amide bonds. The van der Waals surface area contributed by atoms with Gasteiger partial charge in [-0.25, -0.2) is 4.39 Å². The summed E-state index contributed by atoms with van der Waals surface area (Å²) in [5.74, 6) is 0.404. The van der Waals surface area contributed by atoms with Gasteiger partial charge in [0.25, 0.3) is 0 Å². The van der Waals surface area contributed by atoms with Crippen molar-refractivity contribution in [3.05, 3.63) is 28.5 Å². The van der Waals surface area contributed by atoms with E-state index in [4.69, 9.17) is 0 Å². The lowest BCUT2D eigenvalue weighted by molar-refractivity contribution is 0.172. The van der Waals surface area contributed by atoms with Gasteiger partial charge in [0.05, 0.1) is 5.69 Å². The van der Waals surface area contributed by atoms with Crippen molar-refractivity contribution >= 4 is 21.6 Å². The highest BCUT2D eigenvalue weighted by Gasteiger charge is 2.24. The Morgan fingerprint density at radius 2 is 2.32 bits per heavy atom. The SMILES string of the molecule is CCN1CCCC(C(C)Nc2ccc(Br)cc2F)C1. The molecule has 2 rings (SSSR count). The molecule has 1 heterocycles. The molecule has 1 fully saturated rings. The fourth-order valence-corrected chi connectivity index (χ4v) is 3.09. The van der Waals surface area contributed by atoms with Gasteiger partial charge in [-0.2, -0.15) is 0 Å². The smallest absolute Gasteiger partial charge is 0.147 e. The first-order valence-electron chi connectivity index (χ1n) is 7.04. The molecule has 1 aliphatic rings. The number of anilines is 1. The molecular weight excluding hydrogens is 307 g/mol. The zero-order valence-corrected chi connectivity index (χ0v) is 13.2. The first kappa shape index (κ1) is 14.8. The lowest BCUT2D eigenvalue weighted by Gasteiger charge is -2.35. The number of hydrogen-bond donors (Lipinski definition) is 1. The number of halogens is 2. The van der Waals surface area contributed by atoms with Gasteiger partial charge in [0.1, 0.15) is 5.82 Å². The van der Waals surface area contributed by atoms with Gasteiger partial charge in [0, 0.05) is 17.1 Å². The van der Waals surface area contributed by atoms with Crippen LogP contribution in [0.15, 0.2) is 22.7 Å². The second-order valence-corrected chi connectivity index (χ2v) is 6.27. The molecule has 0 bridgehead atoms. The van der Waals surface area contributed by atoms with Crippen molar-refractivity contribution in [3.63, 3.8) is 0 Å². The van der Waals surface area contributed by atoms with Gasteiger partial charge >= 0.3 is 0 Å². The van der Waals surface area contributed by atoms with Gasteiger partial charge in [-0.1, -0.05) is 22.9 Å². The number of rotatable bonds is 4. The summed E-state index contributed by atoms with van der Waals surface area (Å²) < 4.78 is 14.6. The molecule has 2 atom stereocenters. The van der Waals surface area contributed by atoms with E-state index < -0.39 is 0 Å². The molecule has 106 valence electrons. The Hall–Kier alpha value is -0.610. The van der Waals surface area contributed by atoms with E-state index in [-0.39, 0.29) is 5.82 Å². The van der Waals surface area contributed by atoms with Crippen LogP contribution in [-0.2, 0) is 0 Å². The van der Waals surface area contributed by atoms with E-state index >= 15 is 0 Å². The van der Waals surface area contributed by atoms with E-state index in [1.807, 2.05) is 6.07 Å². The predicted octanol–water partition coefficient (Wildman–Crippen LogP) is 4.12. The molecule has 2 unspecified atom stereocenters. The Balaban J connectivity index is 1.98. The van der Waals surface area contributed by atoms with E-state index in [2.05, 4.69) is 40.0 Å². The molecule has 0 spiro atoms. The van der Waals surface area contributed by atoms with Crippen LogP contribution in [-0.4, -0.2) is 30.6 Å². The molecule has 19 heavy (non-hydrogen) atoms. The Bertz CT molecular complexity index is 425. The highest BCUT2D eigenvalue weighted by molar-refractivity contribution is 9.10. The van der Waals surface area contributed by atoms with E-state index in [9.17, 15) is 4.39 Å². The quantitative estimate of drug-likeness (QED) is 0.894. The van der Waals surface area contributed by atoms with Crippen molar-refractivity contribution in [2.24, 2.45) is 5.92 Å². The van der Waals surface area contributed by atoms with Crippen molar-refractivity contribution in [1.29, 1.82) is 0 Å². The van der Waals surface area contributed by atoms with E-state index in [0.29, 0.717) is 17.6 Å². The normalized spacial score (nSPS) is 22.2. The number of likely N-dealkylation sites (tertiary alicyclic amines) is 1. The van der Waals surface area contributed by atoms with Gasteiger partial charge in [-0.05, 0) is 57.0 Å². The molecule has 1 aromatic carbocycles. The van der Waals surface area contributed by atoms with Crippen LogP contribution in [0.2, 0.25) is 0 Å². The fraction of sp³-hybridized carbons (Fsp3) is 0.600. The second-order valence-electron chi connectivity index (χ2n) is 5.35. The maximum absolute atomic E-state index is 13.8. The molecule has 1 aromatic rings. The average Bonchev–Trinajstić information content (AvgIpc) is 2.42. The maximum Gasteiger partial charge on any atom is 0.147 e. The van der Waals surface area contributed by atoms with Gasteiger partial charge in [-0.3, -0.25) is 0 Å². The first-order chi connectivity index (χ1) is 9.10. The Kier molecular flexibility index (Phi) is 5.22. The molecule has 1 N–H and O–H groups in total. The molecule has 0 radical (unpaired) electrons. The summed E-state index contributed by atoms with van der Waals surface area (Å²) in [5, 5.41) is 3.33. The third-order valence-corrected chi connectivity index (χ3v) is 4.50. The minimum absolute atomic E-state index is 0.190. The van der Waals surface area contributed by atoms with Gasteiger partial charge in [-0.15, -0.1) is 0 Å². The van der Waals surface area contributed by atoms with Crippen LogP contribution >= 0.6 is 15.9 Å². The lowest BCUT2D eigenvalue weighted by atomic mass is 9.91. The third-order valence-electron chi connectivity index (χ3n) is 4.01. The highest BCUT2D eigenvalue weighted by atomic mass is 79.9. The largest absolute Gasteiger partial charge is 0.380 e. The van der Waals surface area contributed by atoms with Crippen LogP contribution in [0.4, 0.5) is 10.1 Å². The number of nitrogens with one attached hydrogen (secondary N) is 1. The molecule has 0 aromatic heterocycles. The van der Waals surface area contributed by atoms with Gasteiger partial charge in [0.15, 0.2) is 0 Å². The van der Waals surface area contributed by atoms with Crippen molar-refractivity contribution in [2.75, 3.05) is 25.0 Å². The van der Waals surface area contributed by atoms with Crippen molar-refractivity contribution < 1.29 is 4.39 Å². The maximum atomic E-state index is 13.8. The number of piperidine rings is 1. The summed E-state index contributed by atoms with van der Waals surface area (Å²) in [5.41, 5.74) is 0.601. The van der Waals surface area contributed by atoms with Gasteiger partial charge in [0.2, 0.25) is 0 Å². The predicted molar refractivity (Wildman–Crippen MR) is 82.0 cm³/mol. The summed E-state index contributed by atoms with van der Waals surface area (Å²) in [6, 6.07) is 5.48. The number of hydrogen-bond acceptors (Lipinski definition) is 2. The second kappa shape index (κ2) is 6.71. The highest BCUT2D eigenvalue weighted by Crippen LogP contribution is 2.25. The number of nitrogens with zero attached hydrogens (tertiary/aromatic N) is 1. The summed E-state index contributed by atoms with van der Waals surface area (Å²) in [6.45, 7) is 7.78. The average molecular weight is 329 g/mol. The molecule has 1 saturated heterocycles. The molecular formula is C15H22BrFN2. The Morgan fingerprint density at radius 3 is 3.00 bits per heavy atom. The van der Waals surface area contributed by atoms with E-state index in [0.717, 1.165) is 17.6 Å². The summed E-state index contributed by atoms with van der Waals surface area (Å²) in [6.07, 6.45) is 2.47. The van der Waals surface area contributed by atoms with Crippen LogP contribution in [0.25, 0.3) is 0 Å². The molecule has 0 aliphatic carbocycles. The first-order valence-corrected chi connectivity index (χ1v) is 7.83. The molecule has 4 heteroatoms. The van der Waals surface area contributed by atoms with Crippen LogP contribution in [0, 0.1) is 11.7 Å². The summed E-state index contributed by atoms with van der Waals surface area (Å²) in [7, 11) is 0. The molecule has 2 nitrogen and oxygen atoms in total. The topological polar surface area (TPSA) is 15.3 Å². The van der Waals surface area contributed by atoms with Crippen LogP contribution in [0.1, 0.15) is 26.7 Å². The summed E-state index contributed by atoms with van der Waals surface area (Å²) in [4.78, 5) is 2.48. The minimum Gasteiger partial charge on any atom is -0.380 e. The fourth-order valence-electron chi connectivity index (χ4n) is 2.76. The zero-order chi connectivity index (χ0) is 13.8. The van der Waals surface area contributed by atoms with Crippen molar-refractivity contribution in [2.45, 2.75) is 32.7 Å². The minimum atomic E-state index is -0.190. The van der Waals surface area contributed by atoms with E-state index in [1.165, 1.54) is 25.5 Å². The van der Waals surface area contributed by atoms with Gasteiger partial charge < -0.3 is 10.2 Å². The monoisotopic (exact) mass is 328 g/mol. The Morgan fingerprint density at radius 1 is 1.53 bits per heavy atom. The summed E-state index contributed by atoms with van der Waals surface area (Å²) >= 11 is 3.28.